The summed E-state index contributed by atoms with van der Waals surface area (Å²) < 4.78 is 7.15. The molecular weight excluding hydrogens is 250 g/mol. The number of nitrogens with zero attached hydrogens (tertiary/aromatic N) is 2. The van der Waals surface area contributed by atoms with Gasteiger partial charge in [-0.05, 0) is 32.7 Å². The third kappa shape index (κ3) is 4.26. The Balaban J connectivity index is 2.71. The normalized spacial score (nSPS) is 14.7. The Hall–Kier alpha value is -0.580. The topological polar surface area (TPSA) is 39.1 Å². The lowest BCUT2D eigenvalue weighted by Crippen LogP contribution is -2.25. The Kier molecular flexibility index (Phi) is 6.68. The van der Waals surface area contributed by atoms with E-state index >= 15 is 0 Å². The molecule has 0 amide bonds. The highest BCUT2D eigenvalue weighted by atomic mass is 35.5. The molecule has 5 heteroatoms. The monoisotopic (exact) mass is 273 g/mol. The molecule has 0 fully saturated rings. The van der Waals surface area contributed by atoms with Gasteiger partial charge in [-0.2, -0.15) is 5.10 Å². The summed E-state index contributed by atoms with van der Waals surface area (Å²) in [6.07, 6.45) is 5.07. The van der Waals surface area contributed by atoms with Gasteiger partial charge in [0.05, 0.1) is 29.1 Å². The van der Waals surface area contributed by atoms with Crippen LogP contribution in [0.25, 0.3) is 0 Å². The highest BCUT2D eigenvalue weighted by Crippen LogP contribution is 2.26. The van der Waals surface area contributed by atoms with Gasteiger partial charge in [-0.1, -0.05) is 18.5 Å². The molecule has 18 heavy (non-hydrogen) atoms. The van der Waals surface area contributed by atoms with E-state index in [2.05, 4.69) is 24.3 Å². The fourth-order valence-corrected chi connectivity index (χ4v) is 2.28. The van der Waals surface area contributed by atoms with Crippen LogP contribution in [0.5, 0.6) is 0 Å². The van der Waals surface area contributed by atoms with Gasteiger partial charge in [-0.3, -0.25) is 4.68 Å². The first-order valence-electron chi connectivity index (χ1n) is 6.53. The van der Waals surface area contributed by atoms with Crippen molar-refractivity contribution < 1.29 is 4.74 Å². The summed E-state index contributed by atoms with van der Waals surface area (Å²) in [7, 11) is 3.68. The van der Waals surface area contributed by atoms with Crippen molar-refractivity contribution in [3.05, 3.63) is 16.9 Å². The number of aromatic nitrogens is 2. The van der Waals surface area contributed by atoms with Crippen molar-refractivity contribution in [2.24, 2.45) is 7.05 Å². The lowest BCUT2D eigenvalue weighted by atomic mass is 10.1. The number of hydrogen-bond acceptors (Lipinski definition) is 3. The van der Waals surface area contributed by atoms with Crippen LogP contribution in [0, 0.1) is 0 Å². The minimum atomic E-state index is 0.238. The zero-order valence-corrected chi connectivity index (χ0v) is 12.5. The van der Waals surface area contributed by atoms with Gasteiger partial charge < -0.3 is 10.1 Å². The van der Waals surface area contributed by atoms with E-state index in [0.29, 0.717) is 0 Å². The van der Waals surface area contributed by atoms with Gasteiger partial charge in [0.25, 0.3) is 0 Å². The highest BCUT2D eigenvalue weighted by Gasteiger charge is 2.19. The van der Waals surface area contributed by atoms with Crippen LogP contribution in [0.1, 0.15) is 44.8 Å². The van der Waals surface area contributed by atoms with E-state index in [1.54, 1.807) is 13.3 Å². The van der Waals surface area contributed by atoms with Gasteiger partial charge in [0.15, 0.2) is 0 Å². The minimum Gasteiger partial charge on any atom is -0.382 e. The van der Waals surface area contributed by atoms with Crippen molar-refractivity contribution in [2.45, 2.75) is 45.3 Å². The number of ether oxygens (including phenoxy) is 1. The number of aryl methyl sites for hydroxylation is 1. The average molecular weight is 274 g/mol. The Labute approximate surface area is 115 Å². The smallest absolute Gasteiger partial charge is 0.0833 e. The van der Waals surface area contributed by atoms with Crippen molar-refractivity contribution in [3.8, 4) is 0 Å². The van der Waals surface area contributed by atoms with Gasteiger partial charge in [0, 0.05) is 14.2 Å². The van der Waals surface area contributed by atoms with Crippen molar-refractivity contribution in [1.29, 1.82) is 0 Å². The van der Waals surface area contributed by atoms with Crippen molar-refractivity contribution in [1.82, 2.24) is 15.1 Å². The Morgan fingerprint density at radius 1 is 1.50 bits per heavy atom. The van der Waals surface area contributed by atoms with E-state index in [0.717, 1.165) is 36.5 Å². The summed E-state index contributed by atoms with van der Waals surface area (Å²) in [5, 5.41) is 8.47. The second-order valence-electron chi connectivity index (χ2n) is 4.63. The molecule has 2 unspecified atom stereocenters. The third-order valence-corrected chi connectivity index (χ3v) is 3.46. The standard InChI is InChI=1S/C13H24ClN3O/c1-5-8-15-12(7-6-10(2)18-4)13-11(14)9-16-17(13)3/h9-10,12,15H,5-8H2,1-4H3. The molecule has 1 heterocycles. The summed E-state index contributed by atoms with van der Waals surface area (Å²) in [6, 6.07) is 0.238. The molecule has 0 spiro atoms. The maximum Gasteiger partial charge on any atom is 0.0833 e. The molecule has 0 aliphatic carbocycles. The number of halogens is 1. The summed E-state index contributed by atoms with van der Waals surface area (Å²) >= 11 is 6.21. The summed E-state index contributed by atoms with van der Waals surface area (Å²) in [5.74, 6) is 0. The molecule has 0 aromatic carbocycles. The number of rotatable bonds is 8. The first kappa shape index (κ1) is 15.5. The van der Waals surface area contributed by atoms with Crippen molar-refractivity contribution in [3.63, 3.8) is 0 Å². The predicted molar refractivity (Wildman–Crippen MR) is 75.0 cm³/mol. The summed E-state index contributed by atoms with van der Waals surface area (Å²) in [4.78, 5) is 0. The zero-order valence-electron chi connectivity index (χ0n) is 11.7. The first-order valence-corrected chi connectivity index (χ1v) is 6.91. The van der Waals surface area contributed by atoms with E-state index in [9.17, 15) is 0 Å². The molecule has 0 aliphatic rings. The van der Waals surface area contributed by atoms with Gasteiger partial charge in [-0.15, -0.1) is 0 Å². The van der Waals surface area contributed by atoms with E-state index in [1.165, 1.54) is 0 Å². The van der Waals surface area contributed by atoms with Crippen LogP contribution in [0.4, 0.5) is 0 Å². The van der Waals surface area contributed by atoms with Crippen molar-refractivity contribution >= 4 is 11.6 Å². The van der Waals surface area contributed by atoms with Crippen LogP contribution >= 0.6 is 11.6 Å². The SMILES string of the molecule is CCCNC(CCC(C)OC)c1c(Cl)cnn1C. The molecule has 1 aromatic heterocycles. The Morgan fingerprint density at radius 2 is 2.22 bits per heavy atom. The zero-order chi connectivity index (χ0) is 13.5. The van der Waals surface area contributed by atoms with E-state index < -0.39 is 0 Å². The lowest BCUT2D eigenvalue weighted by Gasteiger charge is -2.21. The van der Waals surface area contributed by atoms with Gasteiger partial charge in [0.1, 0.15) is 0 Å². The van der Waals surface area contributed by atoms with E-state index in [1.807, 2.05) is 11.7 Å². The fourth-order valence-electron chi connectivity index (χ4n) is 1.99. The summed E-state index contributed by atoms with van der Waals surface area (Å²) in [6.45, 7) is 5.22. The molecule has 1 rings (SSSR count). The Morgan fingerprint density at radius 3 is 2.72 bits per heavy atom. The van der Waals surface area contributed by atoms with Crippen LogP contribution in [-0.4, -0.2) is 29.5 Å². The van der Waals surface area contributed by atoms with Crippen LogP contribution < -0.4 is 5.32 Å². The fraction of sp³-hybridized carbons (Fsp3) is 0.769. The average Bonchev–Trinajstić information content (AvgIpc) is 2.69. The molecule has 1 aromatic rings. The lowest BCUT2D eigenvalue weighted by molar-refractivity contribution is 0.106. The maximum absolute atomic E-state index is 6.21. The minimum absolute atomic E-state index is 0.238. The van der Waals surface area contributed by atoms with Gasteiger partial charge in [-0.25, -0.2) is 0 Å². The molecule has 0 bridgehead atoms. The molecule has 0 saturated heterocycles. The highest BCUT2D eigenvalue weighted by molar-refractivity contribution is 6.31. The second-order valence-corrected chi connectivity index (χ2v) is 5.04. The van der Waals surface area contributed by atoms with Gasteiger partial charge in [0.2, 0.25) is 0 Å². The van der Waals surface area contributed by atoms with E-state index in [4.69, 9.17) is 16.3 Å². The van der Waals surface area contributed by atoms with E-state index in [-0.39, 0.29) is 12.1 Å². The largest absolute Gasteiger partial charge is 0.382 e. The van der Waals surface area contributed by atoms with Crippen LogP contribution in [-0.2, 0) is 11.8 Å². The predicted octanol–water partition coefficient (Wildman–Crippen LogP) is 2.93. The summed E-state index contributed by atoms with van der Waals surface area (Å²) in [5.41, 5.74) is 1.06. The number of nitrogens with one attached hydrogen (secondary N) is 1. The number of methoxy groups -OCH3 is 1. The molecule has 0 radical (unpaired) electrons. The second kappa shape index (κ2) is 7.77. The van der Waals surface area contributed by atoms with Gasteiger partial charge >= 0.3 is 0 Å². The maximum atomic E-state index is 6.21. The quantitative estimate of drug-likeness (QED) is 0.792. The van der Waals surface area contributed by atoms with Crippen LogP contribution in [0.3, 0.4) is 0 Å². The molecule has 1 N–H and O–H groups in total. The van der Waals surface area contributed by atoms with Crippen molar-refractivity contribution in [2.75, 3.05) is 13.7 Å². The third-order valence-electron chi connectivity index (χ3n) is 3.17. The molecular formula is C13H24ClN3O. The Bertz CT molecular complexity index is 335. The number of hydrogen-bond donors (Lipinski definition) is 1. The first-order chi connectivity index (χ1) is 8.60. The molecule has 104 valence electrons. The molecule has 2 atom stereocenters. The molecule has 0 aliphatic heterocycles. The van der Waals surface area contributed by atoms with Crippen LogP contribution in [0.2, 0.25) is 5.02 Å². The van der Waals surface area contributed by atoms with Crippen LogP contribution in [0.15, 0.2) is 6.20 Å². The molecule has 4 nitrogen and oxygen atoms in total. The molecule has 0 saturated carbocycles.